The maximum atomic E-state index is 14.4. The van der Waals surface area contributed by atoms with Crippen molar-refractivity contribution in [1.29, 1.82) is 5.26 Å². The fourth-order valence-corrected chi connectivity index (χ4v) is 6.98. The van der Waals surface area contributed by atoms with E-state index in [1.807, 2.05) is 41.3 Å². The molecule has 3 fully saturated rings. The lowest BCUT2D eigenvalue weighted by Crippen LogP contribution is -2.41. The van der Waals surface area contributed by atoms with Crippen molar-refractivity contribution >= 4 is 17.7 Å². The van der Waals surface area contributed by atoms with E-state index in [1.165, 1.54) is 7.11 Å². The molecule has 0 bridgehead atoms. The largest absolute Gasteiger partial charge is 0.494 e. The number of nitrogens with one attached hydrogen (secondary N) is 1. The average molecular weight is 654 g/mol. The van der Waals surface area contributed by atoms with Crippen molar-refractivity contribution in [3.8, 4) is 23.1 Å². The summed E-state index contributed by atoms with van der Waals surface area (Å²) in [5.74, 6) is 1.68. The highest BCUT2D eigenvalue weighted by Crippen LogP contribution is 2.43. The summed E-state index contributed by atoms with van der Waals surface area (Å²) in [6.45, 7) is 4.52. The number of pyridine rings is 1. The molecule has 252 valence electrons. The number of carbonyl (C=O) groups is 2. The van der Waals surface area contributed by atoms with Gasteiger partial charge >= 0.3 is 6.09 Å². The van der Waals surface area contributed by atoms with Gasteiger partial charge in [0, 0.05) is 46.9 Å². The van der Waals surface area contributed by atoms with Crippen LogP contribution in [0.25, 0.3) is 11.3 Å². The van der Waals surface area contributed by atoms with Gasteiger partial charge in [-0.2, -0.15) is 5.26 Å². The number of hydrogen-bond donors (Lipinski definition) is 2. The van der Waals surface area contributed by atoms with Crippen molar-refractivity contribution in [3.05, 3.63) is 72.2 Å². The number of aromatic nitrogens is 2. The summed E-state index contributed by atoms with van der Waals surface area (Å²) in [6, 6.07) is 13.8. The first-order valence-electron chi connectivity index (χ1n) is 17.0. The number of nitrogens with zero attached hydrogens (tertiary/aromatic N) is 4. The lowest BCUT2D eigenvalue weighted by atomic mass is 9.78. The minimum absolute atomic E-state index is 0.00300. The van der Waals surface area contributed by atoms with Gasteiger partial charge in [-0.05, 0) is 94.4 Å². The summed E-state index contributed by atoms with van der Waals surface area (Å²) < 4.78 is 16.6. The number of aliphatic hydroxyl groups excluding tert-OH is 1. The molecule has 1 aromatic carbocycles. The number of allylic oxidation sites excluding steroid dienone is 1. The molecule has 3 saturated carbocycles. The van der Waals surface area contributed by atoms with Crippen molar-refractivity contribution in [3.63, 3.8) is 0 Å². The van der Waals surface area contributed by atoms with Crippen LogP contribution in [-0.4, -0.2) is 53.4 Å². The summed E-state index contributed by atoms with van der Waals surface area (Å²) in [5, 5.41) is 21.0. The molecule has 11 nitrogen and oxygen atoms in total. The Labute approximate surface area is 281 Å². The van der Waals surface area contributed by atoms with E-state index in [2.05, 4.69) is 22.9 Å². The number of ether oxygens (including phenoxy) is 2. The number of methoxy groups -OCH3 is 1. The van der Waals surface area contributed by atoms with Gasteiger partial charge in [-0.25, -0.2) is 14.8 Å². The maximum Gasteiger partial charge on any atom is 0.407 e. The van der Waals surface area contributed by atoms with Crippen molar-refractivity contribution in [2.75, 3.05) is 25.2 Å². The third kappa shape index (κ3) is 7.55. The Morgan fingerprint density at radius 2 is 1.75 bits per heavy atom. The number of oxazole rings is 1. The summed E-state index contributed by atoms with van der Waals surface area (Å²) in [6.07, 6.45) is 8.79. The molecular formula is C37H43N5O6. The fourth-order valence-electron chi connectivity index (χ4n) is 6.98. The Hall–Kier alpha value is -4.69. The van der Waals surface area contributed by atoms with Crippen LogP contribution >= 0.6 is 0 Å². The molecule has 0 saturated heterocycles. The second-order valence-corrected chi connectivity index (χ2v) is 13.0. The van der Waals surface area contributed by atoms with Gasteiger partial charge in [-0.3, -0.25) is 9.69 Å². The molecule has 2 heterocycles. The first-order valence-corrected chi connectivity index (χ1v) is 17.0. The van der Waals surface area contributed by atoms with Crippen LogP contribution in [0.2, 0.25) is 0 Å². The van der Waals surface area contributed by atoms with Crippen molar-refractivity contribution < 1.29 is 28.6 Å². The number of rotatable bonds is 11. The number of carbonyl (C=O) groups excluding carboxylic acids is 2. The second-order valence-electron chi connectivity index (χ2n) is 13.0. The number of hydrogen-bond acceptors (Lipinski definition) is 9. The van der Waals surface area contributed by atoms with Crippen LogP contribution in [0, 0.1) is 23.2 Å². The van der Waals surface area contributed by atoms with Gasteiger partial charge in [0.1, 0.15) is 24.1 Å². The topological polar surface area (TPSA) is 151 Å². The van der Waals surface area contributed by atoms with E-state index in [0.29, 0.717) is 43.0 Å². The van der Waals surface area contributed by atoms with E-state index < -0.39 is 6.09 Å². The van der Waals surface area contributed by atoms with Crippen LogP contribution < -0.4 is 15.0 Å². The molecule has 2 N–H and O–H groups in total. The maximum absolute atomic E-state index is 14.4. The Morgan fingerprint density at radius 3 is 2.44 bits per heavy atom. The molecule has 0 aliphatic heterocycles. The van der Waals surface area contributed by atoms with Crippen LogP contribution in [0.1, 0.15) is 93.3 Å². The Bertz CT molecular complexity index is 1660. The van der Waals surface area contributed by atoms with E-state index in [1.54, 1.807) is 6.26 Å². The van der Waals surface area contributed by atoms with Gasteiger partial charge in [-0.1, -0.05) is 18.7 Å². The van der Waals surface area contributed by atoms with Crippen LogP contribution in [0.15, 0.2) is 59.4 Å². The monoisotopic (exact) mass is 653 g/mol. The molecular weight excluding hydrogens is 610 g/mol. The van der Waals surface area contributed by atoms with E-state index in [-0.39, 0.29) is 42.9 Å². The van der Waals surface area contributed by atoms with Gasteiger partial charge in [0.15, 0.2) is 17.3 Å². The number of anilines is 1. The quantitative estimate of drug-likeness (QED) is 0.233. The van der Waals surface area contributed by atoms with E-state index >= 15 is 0 Å². The van der Waals surface area contributed by atoms with Crippen molar-refractivity contribution in [2.45, 2.75) is 82.1 Å². The summed E-state index contributed by atoms with van der Waals surface area (Å²) in [4.78, 5) is 37.6. The number of nitriles is 1. The van der Waals surface area contributed by atoms with Gasteiger partial charge in [0.2, 0.25) is 5.91 Å². The van der Waals surface area contributed by atoms with Crippen LogP contribution in [0.4, 0.5) is 10.5 Å². The molecule has 0 atom stereocenters. The molecule has 0 radical (unpaired) electrons. The zero-order chi connectivity index (χ0) is 33.6. The van der Waals surface area contributed by atoms with E-state index in [4.69, 9.17) is 24.0 Å². The van der Waals surface area contributed by atoms with E-state index in [9.17, 15) is 14.9 Å². The third-order valence-electron chi connectivity index (χ3n) is 9.86. The minimum atomic E-state index is -0.548. The molecule has 48 heavy (non-hydrogen) atoms. The predicted molar refractivity (Wildman–Crippen MR) is 178 cm³/mol. The normalized spacial score (nSPS) is 22.3. The Morgan fingerprint density at radius 1 is 1.02 bits per heavy atom. The Kier molecular flexibility index (Phi) is 10.4. The molecule has 2 aromatic heterocycles. The number of amides is 2. The smallest absolute Gasteiger partial charge is 0.407 e. The molecule has 3 aromatic rings. The summed E-state index contributed by atoms with van der Waals surface area (Å²) >= 11 is 0. The average Bonchev–Trinajstić information content (AvgIpc) is 3.86. The summed E-state index contributed by atoms with van der Waals surface area (Å²) in [5.41, 5.74) is 4.33. The van der Waals surface area contributed by atoms with Crippen molar-refractivity contribution in [2.24, 2.45) is 11.8 Å². The molecule has 6 rings (SSSR count). The summed E-state index contributed by atoms with van der Waals surface area (Å²) in [7, 11) is 1.53. The van der Waals surface area contributed by atoms with Gasteiger partial charge < -0.3 is 24.3 Å². The molecule has 0 unspecified atom stereocenters. The second kappa shape index (κ2) is 15.0. The highest BCUT2D eigenvalue weighted by atomic mass is 16.6. The SMILES string of the molecule is C=C(C1CCC(c2ccc(OC)c(C#N)n2)CC1)N(C(=O)C1CCC(OC(=O)NCCO)CC1)c1cccc(-c2coc(C3CC3)n2)c1. The van der Waals surface area contributed by atoms with Crippen LogP contribution in [0.3, 0.4) is 0 Å². The highest BCUT2D eigenvalue weighted by molar-refractivity contribution is 5.98. The van der Waals surface area contributed by atoms with Gasteiger partial charge in [0.05, 0.1) is 13.7 Å². The third-order valence-corrected chi connectivity index (χ3v) is 9.86. The number of aliphatic hydroxyl groups is 1. The molecule has 2 amide bonds. The molecule has 0 spiro atoms. The zero-order valence-corrected chi connectivity index (χ0v) is 27.4. The van der Waals surface area contributed by atoms with Crippen LogP contribution in [-0.2, 0) is 9.53 Å². The highest BCUT2D eigenvalue weighted by Gasteiger charge is 2.36. The zero-order valence-electron chi connectivity index (χ0n) is 27.4. The lowest BCUT2D eigenvalue weighted by molar-refractivity contribution is -0.123. The fraction of sp³-hybridized carbons (Fsp3) is 0.486. The predicted octanol–water partition coefficient (Wildman–Crippen LogP) is 6.59. The molecule has 3 aliphatic carbocycles. The van der Waals surface area contributed by atoms with Gasteiger partial charge in [0.25, 0.3) is 0 Å². The first kappa shape index (κ1) is 33.2. The molecule has 3 aliphatic rings. The number of alkyl carbamates (subject to hydrolysis) is 1. The first-order chi connectivity index (χ1) is 23.4. The lowest BCUT2D eigenvalue weighted by Gasteiger charge is -2.37. The van der Waals surface area contributed by atoms with Crippen molar-refractivity contribution in [1.82, 2.24) is 15.3 Å². The minimum Gasteiger partial charge on any atom is -0.494 e. The van der Waals surface area contributed by atoms with E-state index in [0.717, 1.165) is 72.8 Å². The van der Waals surface area contributed by atoms with Gasteiger partial charge in [-0.15, -0.1) is 0 Å². The standard InChI is InChI=1S/C37H43N5O6/c1-23(24-6-8-25(9-7-24)31-16-17-34(46-2)32(21-38)40-31)42(36(44)27-12-14-30(15-13-27)48-37(45)39-18-19-43)29-5-3-4-28(20-29)33-22-47-35(41-33)26-10-11-26/h3-5,16-17,20,22,24-27,30,43H,1,6-15,18-19H2,2H3,(H,39,45). The van der Waals surface area contributed by atoms with Crippen LogP contribution in [0.5, 0.6) is 5.75 Å². The Balaban J connectivity index is 1.19. The molecule has 11 heteroatoms. The number of benzene rings is 1.